The first-order valence-corrected chi connectivity index (χ1v) is 10.7. The number of hydrogen-bond donors (Lipinski definition) is 1. The quantitative estimate of drug-likeness (QED) is 0.196. The molecule has 1 amide bonds. The monoisotopic (exact) mass is 484 g/mol. The largest absolute Gasteiger partial charge is 0.459 e. The number of furan rings is 2. The molecule has 33 heavy (non-hydrogen) atoms. The highest BCUT2D eigenvalue weighted by Gasteiger charge is 2.18. The topological polar surface area (TPSA) is 94.0 Å². The third kappa shape index (κ3) is 5.27. The van der Waals surface area contributed by atoms with E-state index < -0.39 is 11.9 Å². The van der Waals surface area contributed by atoms with Gasteiger partial charge in [-0.1, -0.05) is 23.2 Å². The van der Waals surface area contributed by atoms with Gasteiger partial charge in [-0.25, -0.2) is 10.2 Å². The van der Waals surface area contributed by atoms with Crippen molar-refractivity contribution in [3.8, 4) is 11.3 Å². The van der Waals surface area contributed by atoms with Crippen LogP contribution in [0.2, 0.25) is 10.0 Å². The van der Waals surface area contributed by atoms with Gasteiger partial charge in [-0.3, -0.25) is 4.79 Å². The highest BCUT2D eigenvalue weighted by Crippen LogP contribution is 2.29. The number of hydrogen-bond acceptors (Lipinski definition) is 6. The van der Waals surface area contributed by atoms with Gasteiger partial charge < -0.3 is 13.6 Å². The SMILES string of the molecule is CC(C)OC(=O)c1ccc(Cl)cc1-c1ccc(/C=N/NC(=O)c2cc3cc(Cl)ccc3o2)o1. The lowest BCUT2D eigenvalue weighted by Gasteiger charge is -2.11. The maximum absolute atomic E-state index is 12.4. The van der Waals surface area contributed by atoms with Gasteiger partial charge in [0.05, 0.1) is 17.9 Å². The van der Waals surface area contributed by atoms with Gasteiger partial charge in [0.15, 0.2) is 5.76 Å². The van der Waals surface area contributed by atoms with Gasteiger partial charge in [-0.15, -0.1) is 0 Å². The van der Waals surface area contributed by atoms with Crippen molar-refractivity contribution in [2.24, 2.45) is 5.10 Å². The van der Waals surface area contributed by atoms with Gasteiger partial charge in [0.1, 0.15) is 17.1 Å². The number of fused-ring (bicyclic) bond motifs is 1. The van der Waals surface area contributed by atoms with Crippen LogP contribution in [0.4, 0.5) is 0 Å². The molecule has 168 valence electrons. The Labute approximate surface area is 198 Å². The molecule has 0 radical (unpaired) electrons. The summed E-state index contributed by atoms with van der Waals surface area (Å²) in [5, 5.41) is 5.60. The van der Waals surface area contributed by atoms with Crippen LogP contribution in [0.15, 0.2) is 68.5 Å². The Morgan fingerprint density at radius 3 is 2.55 bits per heavy atom. The zero-order chi connectivity index (χ0) is 23.5. The van der Waals surface area contributed by atoms with E-state index >= 15 is 0 Å². The number of halogens is 2. The predicted molar refractivity (Wildman–Crippen MR) is 126 cm³/mol. The minimum atomic E-state index is -0.529. The predicted octanol–water partition coefficient (Wildman–Crippen LogP) is 6.33. The second-order valence-electron chi connectivity index (χ2n) is 7.34. The number of hydrazone groups is 1. The van der Waals surface area contributed by atoms with E-state index in [1.54, 1.807) is 68.4 Å². The molecule has 2 aromatic carbocycles. The molecular weight excluding hydrogens is 467 g/mol. The molecule has 0 atom stereocenters. The van der Waals surface area contributed by atoms with Crippen molar-refractivity contribution in [3.63, 3.8) is 0 Å². The molecular formula is C24H18Cl2N2O5. The number of ether oxygens (including phenoxy) is 1. The molecule has 9 heteroatoms. The summed E-state index contributed by atoms with van der Waals surface area (Å²) in [4.78, 5) is 24.7. The molecule has 4 aromatic rings. The van der Waals surface area contributed by atoms with Crippen LogP contribution in [0, 0.1) is 0 Å². The smallest absolute Gasteiger partial charge is 0.339 e. The Kier molecular flexibility index (Phi) is 6.53. The molecule has 0 aliphatic rings. The number of carbonyl (C=O) groups is 2. The van der Waals surface area contributed by atoms with E-state index in [0.717, 1.165) is 0 Å². The zero-order valence-electron chi connectivity index (χ0n) is 17.6. The van der Waals surface area contributed by atoms with Crippen LogP contribution in [0.5, 0.6) is 0 Å². The molecule has 0 spiro atoms. The van der Waals surface area contributed by atoms with E-state index in [4.69, 9.17) is 36.8 Å². The average molecular weight is 485 g/mol. The van der Waals surface area contributed by atoms with Crippen LogP contribution in [0.25, 0.3) is 22.3 Å². The lowest BCUT2D eigenvalue weighted by molar-refractivity contribution is 0.0378. The molecule has 0 bridgehead atoms. The maximum atomic E-state index is 12.4. The van der Waals surface area contributed by atoms with Crippen molar-refractivity contribution in [1.29, 1.82) is 0 Å². The normalized spacial score (nSPS) is 11.4. The van der Waals surface area contributed by atoms with Gasteiger partial charge in [-0.2, -0.15) is 5.10 Å². The molecule has 0 aliphatic carbocycles. The Morgan fingerprint density at radius 2 is 1.76 bits per heavy atom. The third-order valence-electron chi connectivity index (χ3n) is 4.50. The van der Waals surface area contributed by atoms with Crippen LogP contribution < -0.4 is 5.43 Å². The fraction of sp³-hybridized carbons (Fsp3) is 0.125. The minimum Gasteiger partial charge on any atom is -0.459 e. The van der Waals surface area contributed by atoms with Crippen LogP contribution in [-0.4, -0.2) is 24.2 Å². The Morgan fingerprint density at radius 1 is 1.00 bits per heavy atom. The van der Waals surface area contributed by atoms with Crippen molar-refractivity contribution < 1.29 is 23.2 Å². The van der Waals surface area contributed by atoms with E-state index in [0.29, 0.717) is 43.7 Å². The van der Waals surface area contributed by atoms with Gasteiger partial charge in [-0.05, 0) is 68.4 Å². The second kappa shape index (κ2) is 9.52. The van der Waals surface area contributed by atoms with E-state index in [1.807, 2.05) is 0 Å². The number of esters is 1. The number of benzene rings is 2. The molecule has 4 rings (SSSR count). The summed E-state index contributed by atoms with van der Waals surface area (Å²) < 4.78 is 16.6. The first-order valence-electron chi connectivity index (χ1n) is 9.93. The number of nitrogens with zero attached hydrogens (tertiary/aromatic N) is 1. The molecule has 2 heterocycles. The average Bonchev–Trinajstić information content (AvgIpc) is 3.39. The Bertz CT molecular complexity index is 1370. The van der Waals surface area contributed by atoms with Crippen molar-refractivity contribution in [2.45, 2.75) is 20.0 Å². The van der Waals surface area contributed by atoms with Crippen molar-refractivity contribution in [2.75, 3.05) is 0 Å². The molecule has 0 saturated heterocycles. The van der Waals surface area contributed by atoms with Gasteiger partial charge >= 0.3 is 11.9 Å². The highest BCUT2D eigenvalue weighted by atomic mass is 35.5. The molecule has 1 N–H and O–H groups in total. The van der Waals surface area contributed by atoms with Gasteiger partial charge in [0.2, 0.25) is 0 Å². The van der Waals surface area contributed by atoms with Gasteiger partial charge in [0.25, 0.3) is 0 Å². The lowest BCUT2D eigenvalue weighted by atomic mass is 10.1. The summed E-state index contributed by atoms with van der Waals surface area (Å²) >= 11 is 12.1. The van der Waals surface area contributed by atoms with Crippen LogP contribution in [0.3, 0.4) is 0 Å². The zero-order valence-corrected chi connectivity index (χ0v) is 19.1. The Balaban J connectivity index is 1.49. The minimum absolute atomic E-state index is 0.0942. The third-order valence-corrected chi connectivity index (χ3v) is 4.97. The number of rotatable bonds is 6. The number of nitrogens with one attached hydrogen (secondary N) is 1. The summed E-state index contributed by atoms with van der Waals surface area (Å²) in [6.07, 6.45) is 1.06. The second-order valence-corrected chi connectivity index (χ2v) is 8.21. The van der Waals surface area contributed by atoms with Crippen molar-refractivity contribution in [3.05, 3.63) is 81.7 Å². The van der Waals surface area contributed by atoms with Crippen molar-refractivity contribution in [1.82, 2.24) is 5.43 Å². The molecule has 0 aliphatic heterocycles. The van der Waals surface area contributed by atoms with Crippen LogP contribution in [-0.2, 0) is 4.74 Å². The summed E-state index contributed by atoms with van der Waals surface area (Å²) in [5.74, 6) is -0.168. The van der Waals surface area contributed by atoms with E-state index in [2.05, 4.69) is 10.5 Å². The molecule has 0 saturated carbocycles. The number of carbonyl (C=O) groups excluding carboxylic acids is 2. The summed E-state index contributed by atoms with van der Waals surface area (Å²) in [7, 11) is 0. The van der Waals surface area contributed by atoms with E-state index in [-0.39, 0.29) is 11.9 Å². The highest BCUT2D eigenvalue weighted by molar-refractivity contribution is 6.31. The Hall–Kier alpha value is -3.55. The standard InChI is InChI=1S/C24H18Cl2N2O5/c1-13(2)31-24(30)18-6-3-16(26)11-19(18)21-8-5-17(32-21)12-27-28-23(29)22-10-14-9-15(25)4-7-20(14)33-22/h3-13H,1-2H3,(H,28,29)/b27-12+. The maximum Gasteiger partial charge on any atom is 0.339 e. The summed E-state index contributed by atoms with van der Waals surface area (Å²) in [6, 6.07) is 14.8. The van der Waals surface area contributed by atoms with Crippen molar-refractivity contribution >= 4 is 52.3 Å². The van der Waals surface area contributed by atoms with Crippen LogP contribution in [0.1, 0.15) is 40.5 Å². The molecule has 2 aromatic heterocycles. The van der Waals surface area contributed by atoms with Crippen LogP contribution >= 0.6 is 23.2 Å². The fourth-order valence-electron chi connectivity index (χ4n) is 3.08. The summed E-state index contributed by atoms with van der Waals surface area (Å²) in [5.41, 5.74) is 3.73. The fourth-order valence-corrected chi connectivity index (χ4v) is 3.43. The molecule has 7 nitrogen and oxygen atoms in total. The van der Waals surface area contributed by atoms with E-state index in [1.165, 1.54) is 6.21 Å². The first kappa shape index (κ1) is 22.6. The van der Waals surface area contributed by atoms with E-state index in [9.17, 15) is 9.59 Å². The van der Waals surface area contributed by atoms with Gasteiger partial charge in [0, 0.05) is 21.0 Å². The number of amides is 1. The summed E-state index contributed by atoms with van der Waals surface area (Å²) in [6.45, 7) is 3.54. The first-order chi connectivity index (χ1) is 15.8. The molecule has 0 unspecified atom stereocenters. The lowest BCUT2D eigenvalue weighted by Crippen LogP contribution is -2.16. The molecule has 0 fully saturated rings.